The number of carboxylic acid groups (broad SMARTS) is 1. The number of piperazine rings is 1. The monoisotopic (exact) mass is 371 g/mol. The molecule has 0 unspecified atom stereocenters. The fraction of sp³-hybridized carbons (Fsp3) is 0.619. The number of carbonyl (C=O) groups excluding carboxylic acids is 2. The summed E-state index contributed by atoms with van der Waals surface area (Å²) in [6.45, 7) is 2.75. The fourth-order valence-corrected chi connectivity index (χ4v) is 5.35. The Morgan fingerprint density at radius 3 is 2.22 bits per heavy atom. The summed E-state index contributed by atoms with van der Waals surface area (Å²) >= 11 is 0. The van der Waals surface area contributed by atoms with Gasteiger partial charge in [-0.1, -0.05) is 6.07 Å². The standard InChI is InChI=1S/C21H28N2O4/c1-27-17-4-2-3-16(13-17)22-9-11-23(12-10-22)20(24)18-14-5-7-15(8-6-14)19(18)21(25)26/h2-4,13-15,18-19H,5-12H2,1H3,(H,25,26)/p-1/t14?,15?,18-,19-/m0/s1. The Balaban J connectivity index is 1.43. The molecule has 4 fully saturated rings. The van der Waals surface area contributed by atoms with E-state index in [2.05, 4.69) is 4.90 Å². The predicted molar refractivity (Wildman–Crippen MR) is 99.2 cm³/mol. The lowest BCUT2D eigenvalue weighted by atomic mass is 9.58. The molecule has 6 heteroatoms. The Labute approximate surface area is 160 Å². The minimum atomic E-state index is -1.03. The number of amides is 1. The van der Waals surface area contributed by atoms with Crippen LogP contribution in [0.5, 0.6) is 5.75 Å². The second-order valence-corrected chi connectivity index (χ2v) is 8.06. The van der Waals surface area contributed by atoms with Crippen molar-refractivity contribution in [2.45, 2.75) is 25.7 Å². The van der Waals surface area contributed by atoms with Crippen molar-refractivity contribution in [3.8, 4) is 5.75 Å². The number of benzene rings is 1. The van der Waals surface area contributed by atoms with Crippen LogP contribution in [0.4, 0.5) is 5.69 Å². The lowest BCUT2D eigenvalue weighted by Crippen LogP contribution is -2.57. The predicted octanol–water partition coefficient (Wildman–Crippen LogP) is 1.15. The number of hydrogen-bond acceptors (Lipinski definition) is 5. The number of carbonyl (C=O) groups is 2. The maximum Gasteiger partial charge on any atom is 0.226 e. The SMILES string of the molecule is COc1cccc(N2CCN(C(=O)[C@H]3C4CCC(CC4)[C@@H]3C(=O)[O-])CC2)c1. The summed E-state index contributed by atoms with van der Waals surface area (Å²) in [6, 6.07) is 7.94. The fourth-order valence-electron chi connectivity index (χ4n) is 5.35. The molecule has 1 amide bonds. The molecule has 3 saturated carbocycles. The molecule has 1 saturated heterocycles. The third-order valence-corrected chi connectivity index (χ3v) is 6.79. The number of aliphatic carboxylic acids is 1. The van der Waals surface area contributed by atoms with Crippen LogP contribution in [0.3, 0.4) is 0 Å². The van der Waals surface area contributed by atoms with Gasteiger partial charge in [0.1, 0.15) is 5.75 Å². The summed E-state index contributed by atoms with van der Waals surface area (Å²) in [7, 11) is 1.65. The number of carboxylic acids is 1. The molecule has 5 rings (SSSR count). The minimum absolute atomic E-state index is 0.0314. The van der Waals surface area contributed by atoms with Crippen molar-refractivity contribution in [3.05, 3.63) is 24.3 Å². The van der Waals surface area contributed by atoms with E-state index in [0.29, 0.717) is 13.1 Å². The van der Waals surface area contributed by atoms with E-state index in [1.165, 1.54) is 0 Å². The highest BCUT2D eigenvalue weighted by atomic mass is 16.5. The second kappa shape index (κ2) is 7.41. The van der Waals surface area contributed by atoms with Gasteiger partial charge in [-0.3, -0.25) is 4.79 Å². The molecular formula is C21H27N2O4-. The lowest BCUT2D eigenvalue weighted by molar-refractivity contribution is -0.318. The largest absolute Gasteiger partial charge is 0.550 e. The first-order valence-corrected chi connectivity index (χ1v) is 9.97. The highest BCUT2D eigenvalue weighted by molar-refractivity contribution is 5.85. The van der Waals surface area contributed by atoms with Gasteiger partial charge in [-0.15, -0.1) is 0 Å². The van der Waals surface area contributed by atoms with Gasteiger partial charge in [-0.25, -0.2) is 0 Å². The van der Waals surface area contributed by atoms with Crippen LogP contribution in [0, 0.1) is 23.7 Å². The van der Waals surface area contributed by atoms with Gasteiger partial charge in [-0.05, 0) is 49.7 Å². The molecule has 1 heterocycles. The van der Waals surface area contributed by atoms with Gasteiger partial charge in [0.15, 0.2) is 0 Å². The normalized spacial score (nSPS) is 30.3. The third kappa shape index (κ3) is 3.37. The van der Waals surface area contributed by atoms with Gasteiger partial charge < -0.3 is 24.4 Å². The summed E-state index contributed by atoms with van der Waals surface area (Å²) < 4.78 is 5.29. The number of nitrogens with zero attached hydrogens (tertiary/aromatic N) is 2. The number of ether oxygens (including phenoxy) is 1. The molecule has 3 aliphatic carbocycles. The van der Waals surface area contributed by atoms with Crippen LogP contribution in [0.25, 0.3) is 0 Å². The molecule has 2 atom stereocenters. The molecule has 4 aliphatic rings. The average molecular weight is 371 g/mol. The Morgan fingerprint density at radius 1 is 1.00 bits per heavy atom. The van der Waals surface area contributed by atoms with Gasteiger partial charge in [0.05, 0.1) is 7.11 Å². The van der Waals surface area contributed by atoms with E-state index in [1.54, 1.807) is 7.11 Å². The first-order chi connectivity index (χ1) is 13.1. The van der Waals surface area contributed by atoms with E-state index in [-0.39, 0.29) is 23.7 Å². The summed E-state index contributed by atoms with van der Waals surface area (Å²) in [5, 5.41) is 11.7. The van der Waals surface area contributed by atoms with Crippen LogP contribution in [0.15, 0.2) is 24.3 Å². The number of rotatable bonds is 4. The Hall–Kier alpha value is -2.24. The van der Waals surface area contributed by atoms with Crippen molar-refractivity contribution >= 4 is 17.6 Å². The zero-order valence-electron chi connectivity index (χ0n) is 15.8. The molecule has 0 N–H and O–H groups in total. The number of methoxy groups -OCH3 is 1. The topological polar surface area (TPSA) is 72.9 Å². The highest BCUT2D eigenvalue weighted by Crippen LogP contribution is 2.49. The lowest BCUT2D eigenvalue weighted by Gasteiger charge is -2.50. The van der Waals surface area contributed by atoms with Gasteiger partial charge in [0.2, 0.25) is 5.91 Å². The second-order valence-electron chi connectivity index (χ2n) is 8.06. The van der Waals surface area contributed by atoms with Crippen LogP contribution >= 0.6 is 0 Å². The molecule has 0 aromatic heterocycles. The van der Waals surface area contributed by atoms with Crippen molar-refractivity contribution in [2.24, 2.45) is 23.7 Å². The average Bonchev–Trinajstić information content (AvgIpc) is 2.73. The van der Waals surface area contributed by atoms with E-state index in [9.17, 15) is 14.7 Å². The Bertz CT molecular complexity index is 706. The molecule has 2 bridgehead atoms. The van der Waals surface area contributed by atoms with Crippen molar-refractivity contribution in [3.63, 3.8) is 0 Å². The molecule has 6 nitrogen and oxygen atoms in total. The maximum atomic E-state index is 13.2. The third-order valence-electron chi connectivity index (χ3n) is 6.79. The molecule has 1 aliphatic heterocycles. The van der Waals surface area contributed by atoms with Crippen LogP contribution in [-0.2, 0) is 9.59 Å². The van der Waals surface area contributed by atoms with E-state index >= 15 is 0 Å². The van der Waals surface area contributed by atoms with Crippen molar-refractivity contribution < 1.29 is 19.4 Å². The zero-order valence-corrected chi connectivity index (χ0v) is 15.8. The molecule has 1 aromatic rings. The number of hydrogen-bond donors (Lipinski definition) is 0. The Kier molecular flexibility index (Phi) is 4.98. The zero-order chi connectivity index (χ0) is 19.0. The van der Waals surface area contributed by atoms with Crippen LogP contribution in [0.2, 0.25) is 0 Å². The van der Waals surface area contributed by atoms with Gasteiger partial charge in [0.25, 0.3) is 0 Å². The summed E-state index contributed by atoms with van der Waals surface area (Å²) in [5.74, 6) is -0.830. The van der Waals surface area contributed by atoms with Gasteiger partial charge in [-0.2, -0.15) is 0 Å². The van der Waals surface area contributed by atoms with Crippen LogP contribution in [0.1, 0.15) is 25.7 Å². The molecule has 1 aromatic carbocycles. The smallest absolute Gasteiger partial charge is 0.226 e. The van der Waals surface area contributed by atoms with Gasteiger partial charge in [0, 0.05) is 55.7 Å². The van der Waals surface area contributed by atoms with E-state index < -0.39 is 11.9 Å². The van der Waals surface area contributed by atoms with Crippen LogP contribution in [-0.4, -0.2) is 50.1 Å². The van der Waals surface area contributed by atoms with Gasteiger partial charge >= 0.3 is 0 Å². The quantitative estimate of drug-likeness (QED) is 0.794. The number of fused-ring (bicyclic) bond motifs is 3. The first-order valence-electron chi connectivity index (χ1n) is 9.97. The molecule has 146 valence electrons. The first kappa shape index (κ1) is 18.1. The van der Waals surface area contributed by atoms with Crippen molar-refractivity contribution in [1.29, 1.82) is 0 Å². The van der Waals surface area contributed by atoms with E-state index in [0.717, 1.165) is 50.2 Å². The van der Waals surface area contributed by atoms with Crippen molar-refractivity contribution in [2.75, 3.05) is 38.2 Å². The number of anilines is 1. The molecular weight excluding hydrogens is 344 g/mol. The molecule has 0 radical (unpaired) electrons. The maximum absolute atomic E-state index is 13.2. The Morgan fingerprint density at radius 2 is 1.63 bits per heavy atom. The van der Waals surface area contributed by atoms with Crippen molar-refractivity contribution in [1.82, 2.24) is 4.90 Å². The van der Waals surface area contributed by atoms with Crippen LogP contribution < -0.4 is 14.7 Å². The molecule has 0 spiro atoms. The summed E-state index contributed by atoms with van der Waals surface area (Å²) in [5.41, 5.74) is 1.09. The van der Waals surface area contributed by atoms with E-state index in [1.807, 2.05) is 29.2 Å². The summed E-state index contributed by atoms with van der Waals surface area (Å²) in [6.07, 6.45) is 3.82. The van der Waals surface area contributed by atoms with E-state index in [4.69, 9.17) is 4.74 Å². The highest BCUT2D eigenvalue weighted by Gasteiger charge is 2.48. The minimum Gasteiger partial charge on any atom is -0.550 e. The molecule has 27 heavy (non-hydrogen) atoms. The summed E-state index contributed by atoms with van der Waals surface area (Å²) in [4.78, 5) is 29.1.